The summed E-state index contributed by atoms with van der Waals surface area (Å²) in [4.78, 5) is 16.5. The van der Waals surface area contributed by atoms with Gasteiger partial charge in [-0.15, -0.1) is 0 Å². The van der Waals surface area contributed by atoms with Gasteiger partial charge in [0.2, 0.25) is 0 Å². The molecular formula is C8H12N4O2. The van der Waals surface area contributed by atoms with E-state index < -0.39 is 12.2 Å². The van der Waals surface area contributed by atoms with E-state index in [1.54, 1.807) is 18.3 Å². The molecule has 0 fully saturated rings. The topological polar surface area (TPSA) is 70.8 Å². The lowest BCUT2D eigenvalue weighted by molar-refractivity contribution is -0.532. The van der Waals surface area contributed by atoms with Crippen molar-refractivity contribution in [1.29, 1.82) is 0 Å². The molecule has 2 aliphatic rings. The Morgan fingerprint density at radius 3 is 3.07 bits per heavy atom. The molecule has 0 saturated carbocycles. The fourth-order valence-corrected chi connectivity index (χ4v) is 1.89. The number of nitro groups is 1. The third kappa shape index (κ3) is 1.23. The molecule has 2 aliphatic heterocycles. The van der Waals surface area contributed by atoms with Crippen LogP contribution in [0, 0.1) is 10.1 Å². The number of likely N-dealkylation sites (N-methyl/N-ethyl adjacent to an activating group) is 1. The second-order valence-electron chi connectivity index (χ2n) is 3.64. The van der Waals surface area contributed by atoms with Crippen molar-refractivity contribution in [2.24, 2.45) is 4.99 Å². The van der Waals surface area contributed by atoms with Crippen molar-refractivity contribution < 1.29 is 4.92 Å². The Kier molecular flexibility index (Phi) is 1.90. The molecule has 76 valence electrons. The van der Waals surface area contributed by atoms with Gasteiger partial charge in [-0.2, -0.15) is 0 Å². The lowest BCUT2D eigenvalue weighted by Gasteiger charge is -2.37. The summed E-state index contributed by atoms with van der Waals surface area (Å²) in [5.74, 6) is 0. The van der Waals surface area contributed by atoms with Crippen LogP contribution in [-0.2, 0) is 0 Å². The van der Waals surface area contributed by atoms with E-state index in [0.29, 0.717) is 0 Å². The van der Waals surface area contributed by atoms with Crippen molar-refractivity contribution in [3.8, 4) is 0 Å². The zero-order valence-electron chi connectivity index (χ0n) is 8.04. The van der Waals surface area contributed by atoms with Gasteiger partial charge in [-0.1, -0.05) is 0 Å². The fourth-order valence-electron chi connectivity index (χ4n) is 1.89. The molecule has 3 atom stereocenters. The number of rotatable bonds is 1. The van der Waals surface area contributed by atoms with Gasteiger partial charge in [0.1, 0.15) is 6.04 Å². The van der Waals surface area contributed by atoms with Crippen molar-refractivity contribution in [2.45, 2.75) is 25.2 Å². The van der Waals surface area contributed by atoms with Crippen LogP contribution in [0.15, 0.2) is 16.8 Å². The van der Waals surface area contributed by atoms with Crippen LogP contribution < -0.4 is 5.32 Å². The second-order valence-corrected chi connectivity index (χ2v) is 3.64. The van der Waals surface area contributed by atoms with E-state index in [2.05, 4.69) is 10.3 Å². The fraction of sp³-hybridized carbons (Fsp3) is 0.625. The molecule has 0 amide bonds. The first-order chi connectivity index (χ1) is 6.59. The molecule has 2 heterocycles. The zero-order chi connectivity index (χ0) is 10.3. The molecule has 2 rings (SSSR count). The summed E-state index contributed by atoms with van der Waals surface area (Å²) in [6.07, 6.45) is 3.09. The van der Waals surface area contributed by atoms with E-state index in [9.17, 15) is 10.1 Å². The predicted octanol–water partition coefficient (Wildman–Crippen LogP) is -0.193. The van der Waals surface area contributed by atoms with Gasteiger partial charge in [-0.05, 0) is 13.0 Å². The molecule has 0 spiro atoms. The van der Waals surface area contributed by atoms with Gasteiger partial charge < -0.3 is 10.2 Å². The highest BCUT2D eigenvalue weighted by atomic mass is 16.6. The highest BCUT2D eigenvalue weighted by Gasteiger charge is 2.45. The van der Waals surface area contributed by atoms with Crippen LogP contribution >= 0.6 is 0 Å². The highest BCUT2D eigenvalue weighted by molar-refractivity contribution is 5.58. The Morgan fingerprint density at radius 1 is 1.71 bits per heavy atom. The van der Waals surface area contributed by atoms with Crippen molar-refractivity contribution in [1.82, 2.24) is 10.2 Å². The van der Waals surface area contributed by atoms with E-state index in [-0.39, 0.29) is 11.0 Å². The molecule has 0 aromatic carbocycles. The Bertz CT molecular complexity index is 325. The van der Waals surface area contributed by atoms with Crippen molar-refractivity contribution in [2.75, 3.05) is 7.05 Å². The minimum Gasteiger partial charge on any atom is -0.362 e. The van der Waals surface area contributed by atoms with Gasteiger partial charge in [0.25, 0.3) is 6.04 Å². The number of hydrogen-bond acceptors (Lipinski definition) is 5. The number of aliphatic imine (C=N–C) groups is 1. The number of fused-ring (bicyclic) bond motifs is 2. The van der Waals surface area contributed by atoms with Crippen LogP contribution in [-0.4, -0.2) is 41.5 Å². The van der Waals surface area contributed by atoms with E-state index in [1.165, 1.54) is 0 Å². The Morgan fingerprint density at radius 2 is 2.43 bits per heavy atom. The summed E-state index contributed by atoms with van der Waals surface area (Å²) < 4.78 is 0. The van der Waals surface area contributed by atoms with Gasteiger partial charge in [0.05, 0.1) is 6.34 Å². The van der Waals surface area contributed by atoms with Gasteiger partial charge in [0.15, 0.2) is 6.17 Å². The maximum absolute atomic E-state index is 10.9. The highest BCUT2D eigenvalue weighted by Crippen LogP contribution is 2.21. The van der Waals surface area contributed by atoms with Crippen molar-refractivity contribution in [3.05, 3.63) is 21.9 Å². The largest absolute Gasteiger partial charge is 0.362 e. The Hall–Kier alpha value is -1.59. The minimum atomic E-state index is -0.686. The van der Waals surface area contributed by atoms with E-state index >= 15 is 0 Å². The summed E-state index contributed by atoms with van der Waals surface area (Å²) in [5, 5.41) is 13.9. The summed E-state index contributed by atoms with van der Waals surface area (Å²) in [5.41, 5.74) is 0.946. The van der Waals surface area contributed by atoms with Crippen LogP contribution in [0.4, 0.5) is 0 Å². The van der Waals surface area contributed by atoms with Crippen LogP contribution in [0.3, 0.4) is 0 Å². The van der Waals surface area contributed by atoms with Crippen molar-refractivity contribution >= 4 is 6.34 Å². The predicted molar refractivity (Wildman–Crippen MR) is 51.5 cm³/mol. The number of nitrogens with one attached hydrogen (secondary N) is 1. The average Bonchev–Trinajstić information content (AvgIpc) is 2.10. The van der Waals surface area contributed by atoms with Gasteiger partial charge in [-0.25, -0.2) is 4.99 Å². The standard InChI is InChI=1S/C8H12N4O2/c1-5-3-6-7(12(13)14)8(10-5)9-4-11(6)2/h3-4,6-8,10H,1-2H3/t6-,7-,8-/m0/s1. The smallest absolute Gasteiger partial charge is 0.276 e. The molecule has 0 aliphatic carbocycles. The van der Waals surface area contributed by atoms with Crippen LogP contribution in [0.2, 0.25) is 0 Å². The summed E-state index contributed by atoms with van der Waals surface area (Å²) in [6.45, 7) is 1.89. The normalized spacial score (nSPS) is 34.9. The first kappa shape index (κ1) is 8.98. The van der Waals surface area contributed by atoms with Gasteiger partial charge in [0, 0.05) is 17.7 Å². The van der Waals surface area contributed by atoms with E-state index in [1.807, 2.05) is 13.0 Å². The quantitative estimate of drug-likeness (QED) is 0.466. The third-order valence-corrected chi connectivity index (χ3v) is 2.59. The molecule has 14 heavy (non-hydrogen) atoms. The monoisotopic (exact) mass is 196 g/mol. The van der Waals surface area contributed by atoms with E-state index in [0.717, 1.165) is 5.70 Å². The molecule has 0 saturated heterocycles. The molecule has 0 aromatic rings. The molecule has 0 aromatic heterocycles. The first-order valence-electron chi connectivity index (χ1n) is 4.43. The van der Waals surface area contributed by atoms with Crippen LogP contribution in [0.5, 0.6) is 0 Å². The molecule has 0 unspecified atom stereocenters. The summed E-state index contributed by atoms with van der Waals surface area (Å²) in [6, 6.07) is -0.873. The molecule has 2 bridgehead atoms. The third-order valence-electron chi connectivity index (χ3n) is 2.59. The Balaban J connectivity index is 2.37. The zero-order valence-corrected chi connectivity index (χ0v) is 8.04. The minimum absolute atomic E-state index is 0.186. The average molecular weight is 196 g/mol. The second kappa shape index (κ2) is 2.97. The number of allylic oxidation sites excluding steroid dienone is 1. The SMILES string of the molecule is CC1=C[C@H]2[C@H]([N+](=O)[O-])[C@@H](N=CN2C)N1. The van der Waals surface area contributed by atoms with Crippen molar-refractivity contribution in [3.63, 3.8) is 0 Å². The number of hydrogen-bond donors (Lipinski definition) is 1. The molecule has 0 radical (unpaired) electrons. The first-order valence-corrected chi connectivity index (χ1v) is 4.43. The molecular weight excluding hydrogens is 184 g/mol. The van der Waals surface area contributed by atoms with Crippen LogP contribution in [0.25, 0.3) is 0 Å². The molecule has 1 N–H and O–H groups in total. The van der Waals surface area contributed by atoms with E-state index in [4.69, 9.17) is 0 Å². The molecule has 6 heteroatoms. The van der Waals surface area contributed by atoms with Gasteiger partial charge >= 0.3 is 0 Å². The maximum Gasteiger partial charge on any atom is 0.276 e. The lowest BCUT2D eigenvalue weighted by Crippen LogP contribution is -2.59. The number of nitrogens with zero attached hydrogens (tertiary/aromatic N) is 3. The lowest BCUT2D eigenvalue weighted by atomic mass is 9.98. The summed E-state index contributed by atoms with van der Waals surface area (Å²) in [7, 11) is 1.80. The van der Waals surface area contributed by atoms with Gasteiger partial charge in [-0.3, -0.25) is 10.1 Å². The Labute approximate surface area is 81.5 Å². The van der Waals surface area contributed by atoms with Crippen LogP contribution in [0.1, 0.15) is 6.92 Å². The maximum atomic E-state index is 10.9. The molecule has 6 nitrogen and oxygen atoms in total. The summed E-state index contributed by atoms with van der Waals surface area (Å²) >= 11 is 0.